The Morgan fingerprint density at radius 1 is 1.33 bits per heavy atom. The van der Waals surface area contributed by atoms with Crippen LogP contribution in [0.1, 0.15) is 13.8 Å². The van der Waals surface area contributed by atoms with Crippen LogP contribution in [-0.2, 0) is 0 Å². The van der Waals surface area contributed by atoms with Crippen LogP contribution in [0.2, 0.25) is 10.0 Å². The Kier molecular flexibility index (Phi) is 4.26. The van der Waals surface area contributed by atoms with E-state index in [2.05, 4.69) is 19.2 Å². The van der Waals surface area contributed by atoms with Crippen molar-refractivity contribution in [2.75, 3.05) is 18.4 Å². The van der Waals surface area contributed by atoms with Crippen LogP contribution in [0.3, 0.4) is 0 Å². The molecular formula is C11H16Cl2N2. The van der Waals surface area contributed by atoms with Gasteiger partial charge in [0.2, 0.25) is 0 Å². The minimum Gasteiger partial charge on any atom is -0.383 e. The van der Waals surface area contributed by atoms with Crippen molar-refractivity contribution in [2.24, 2.45) is 11.1 Å². The van der Waals surface area contributed by atoms with Gasteiger partial charge in [-0.1, -0.05) is 43.1 Å². The summed E-state index contributed by atoms with van der Waals surface area (Å²) in [5.41, 5.74) is 6.54. The highest BCUT2D eigenvalue weighted by Crippen LogP contribution is 2.30. The first-order chi connectivity index (χ1) is 6.96. The van der Waals surface area contributed by atoms with Crippen molar-refractivity contribution in [1.29, 1.82) is 0 Å². The molecule has 1 rings (SSSR count). The summed E-state index contributed by atoms with van der Waals surface area (Å²) in [6.45, 7) is 5.58. The summed E-state index contributed by atoms with van der Waals surface area (Å²) in [7, 11) is 0. The van der Waals surface area contributed by atoms with Crippen LogP contribution < -0.4 is 11.1 Å². The first-order valence-electron chi connectivity index (χ1n) is 4.84. The fraction of sp³-hybridized carbons (Fsp3) is 0.455. The van der Waals surface area contributed by atoms with Gasteiger partial charge in [-0.05, 0) is 24.1 Å². The summed E-state index contributed by atoms with van der Waals surface area (Å²) < 4.78 is 0. The molecule has 0 spiro atoms. The zero-order valence-electron chi connectivity index (χ0n) is 8.98. The molecule has 84 valence electrons. The van der Waals surface area contributed by atoms with Gasteiger partial charge in [-0.3, -0.25) is 0 Å². The molecule has 0 saturated carbocycles. The molecule has 0 atom stereocenters. The summed E-state index contributed by atoms with van der Waals surface area (Å²) in [5, 5.41) is 4.37. The molecule has 0 aliphatic carbocycles. The molecule has 0 fully saturated rings. The third-order valence-corrected chi connectivity index (χ3v) is 3.08. The van der Waals surface area contributed by atoms with E-state index in [4.69, 9.17) is 28.9 Å². The zero-order chi connectivity index (χ0) is 11.5. The molecule has 2 nitrogen and oxygen atoms in total. The van der Waals surface area contributed by atoms with Crippen molar-refractivity contribution in [3.8, 4) is 0 Å². The molecule has 0 bridgehead atoms. The fourth-order valence-corrected chi connectivity index (χ4v) is 1.41. The molecule has 0 heterocycles. The highest BCUT2D eigenvalue weighted by molar-refractivity contribution is 6.43. The van der Waals surface area contributed by atoms with Crippen molar-refractivity contribution in [1.82, 2.24) is 0 Å². The Balaban J connectivity index is 2.70. The minimum atomic E-state index is 0.0473. The predicted octanol–water partition coefficient (Wildman–Crippen LogP) is 3.39. The molecule has 15 heavy (non-hydrogen) atoms. The lowest BCUT2D eigenvalue weighted by Crippen LogP contribution is -2.31. The van der Waals surface area contributed by atoms with Crippen LogP contribution in [0.25, 0.3) is 0 Å². The topological polar surface area (TPSA) is 38.0 Å². The lowest BCUT2D eigenvalue weighted by molar-refractivity contribution is 0.405. The Morgan fingerprint density at radius 2 is 2.00 bits per heavy atom. The van der Waals surface area contributed by atoms with Crippen molar-refractivity contribution in [3.05, 3.63) is 28.2 Å². The Bertz CT molecular complexity index is 337. The molecule has 4 heteroatoms. The molecule has 0 radical (unpaired) electrons. The van der Waals surface area contributed by atoms with Crippen molar-refractivity contribution < 1.29 is 0 Å². The van der Waals surface area contributed by atoms with E-state index in [9.17, 15) is 0 Å². The van der Waals surface area contributed by atoms with Gasteiger partial charge in [-0.2, -0.15) is 0 Å². The second-order valence-electron chi connectivity index (χ2n) is 4.32. The van der Waals surface area contributed by atoms with Crippen molar-refractivity contribution >= 4 is 28.9 Å². The molecular weight excluding hydrogens is 231 g/mol. The maximum absolute atomic E-state index is 6.04. The Hall–Kier alpha value is -0.440. The first-order valence-corrected chi connectivity index (χ1v) is 5.60. The van der Waals surface area contributed by atoms with Crippen molar-refractivity contribution in [2.45, 2.75) is 13.8 Å². The number of anilines is 1. The summed E-state index contributed by atoms with van der Waals surface area (Å²) in [4.78, 5) is 0. The van der Waals surface area contributed by atoms with E-state index in [1.165, 1.54) is 0 Å². The summed E-state index contributed by atoms with van der Waals surface area (Å²) >= 11 is 11.9. The summed E-state index contributed by atoms with van der Waals surface area (Å²) in [6.07, 6.45) is 0. The predicted molar refractivity (Wildman–Crippen MR) is 67.8 cm³/mol. The molecule has 0 amide bonds. The third kappa shape index (κ3) is 3.56. The first kappa shape index (κ1) is 12.6. The van der Waals surface area contributed by atoms with Gasteiger partial charge in [0.05, 0.1) is 15.7 Å². The number of hydrogen-bond acceptors (Lipinski definition) is 2. The molecule has 1 aromatic rings. The Labute approximate surface area is 101 Å². The molecule has 0 aliphatic rings. The van der Waals surface area contributed by atoms with Gasteiger partial charge in [0.1, 0.15) is 0 Å². The molecule has 0 unspecified atom stereocenters. The largest absolute Gasteiger partial charge is 0.383 e. The molecule has 3 N–H and O–H groups in total. The maximum Gasteiger partial charge on any atom is 0.0823 e. The number of rotatable bonds is 4. The molecule has 0 aromatic heterocycles. The summed E-state index contributed by atoms with van der Waals surface area (Å²) in [6, 6.07) is 5.54. The van der Waals surface area contributed by atoms with Crippen LogP contribution in [-0.4, -0.2) is 13.1 Å². The second kappa shape index (κ2) is 5.06. The number of nitrogens with two attached hydrogens (primary N) is 1. The van der Waals surface area contributed by atoms with Gasteiger partial charge in [0.15, 0.2) is 0 Å². The maximum atomic E-state index is 6.04. The lowest BCUT2D eigenvalue weighted by Gasteiger charge is -2.23. The van der Waals surface area contributed by atoms with Gasteiger partial charge in [-0.25, -0.2) is 0 Å². The van der Waals surface area contributed by atoms with Gasteiger partial charge in [0.25, 0.3) is 0 Å². The average molecular weight is 247 g/mol. The standard InChI is InChI=1S/C11H16Cl2N2/c1-11(2,6-14)7-15-9-5-3-4-8(12)10(9)13/h3-5,15H,6-7,14H2,1-2H3. The van der Waals surface area contributed by atoms with E-state index in [-0.39, 0.29) is 5.41 Å². The van der Waals surface area contributed by atoms with E-state index >= 15 is 0 Å². The van der Waals surface area contributed by atoms with Crippen LogP contribution in [0, 0.1) is 5.41 Å². The summed E-state index contributed by atoms with van der Waals surface area (Å²) in [5.74, 6) is 0. The number of halogens is 2. The average Bonchev–Trinajstić information content (AvgIpc) is 2.20. The molecule has 1 aromatic carbocycles. The normalized spacial score (nSPS) is 11.5. The van der Waals surface area contributed by atoms with Crippen LogP contribution >= 0.6 is 23.2 Å². The van der Waals surface area contributed by atoms with Gasteiger partial charge >= 0.3 is 0 Å². The quantitative estimate of drug-likeness (QED) is 0.855. The number of benzene rings is 1. The number of hydrogen-bond donors (Lipinski definition) is 2. The van der Waals surface area contributed by atoms with Gasteiger partial charge in [0, 0.05) is 6.54 Å². The highest BCUT2D eigenvalue weighted by atomic mass is 35.5. The van der Waals surface area contributed by atoms with Gasteiger partial charge in [-0.15, -0.1) is 0 Å². The molecule has 0 aliphatic heterocycles. The van der Waals surface area contributed by atoms with Crippen LogP contribution in [0.4, 0.5) is 5.69 Å². The number of nitrogens with one attached hydrogen (secondary N) is 1. The highest BCUT2D eigenvalue weighted by Gasteiger charge is 2.15. The molecule has 0 saturated heterocycles. The van der Waals surface area contributed by atoms with Gasteiger partial charge < -0.3 is 11.1 Å². The van der Waals surface area contributed by atoms with E-state index in [0.29, 0.717) is 16.6 Å². The minimum absolute atomic E-state index is 0.0473. The van der Waals surface area contributed by atoms with E-state index < -0.39 is 0 Å². The zero-order valence-corrected chi connectivity index (χ0v) is 10.5. The van der Waals surface area contributed by atoms with E-state index in [1.807, 2.05) is 12.1 Å². The smallest absolute Gasteiger partial charge is 0.0823 e. The van der Waals surface area contributed by atoms with Crippen molar-refractivity contribution in [3.63, 3.8) is 0 Å². The van der Waals surface area contributed by atoms with Crippen LogP contribution in [0.15, 0.2) is 18.2 Å². The SMILES string of the molecule is CC(C)(CN)CNc1cccc(Cl)c1Cl. The monoisotopic (exact) mass is 246 g/mol. The van der Waals surface area contributed by atoms with E-state index in [1.54, 1.807) is 6.07 Å². The fourth-order valence-electron chi connectivity index (χ4n) is 1.05. The van der Waals surface area contributed by atoms with Crippen LogP contribution in [0.5, 0.6) is 0 Å². The second-order valence-corrected chi connectivity index (χ2v) is 5.11. The Morgan fingerprint density at radius 3 is 2.60 bits per heavy atom. The van der Waals surface area contributed by atoms with E-state index in [0.717, 1.165) is 12.2 Å². The third-order valence-electron chi connectivity index (χ3n) is 2.26. The lowest BCUT2D eigenvalue weighted by atomic mass is 9.94.